The van der Waals surface area contributed by atoms with Gasteiger partial charge in [0.2, 0.25) is 0 Å². The van der Waals surface area contributed by atoms with E-state index in [9.17, 15) is 0 Å². The van der Waals surface area contributed by atoms with Crippen LogP contribution < -0.4 is 5.32 Å². The van der Waals surface area contributed by atoms with Crippen LogP contribution in [0.15, 0.2) is 18.2 Å². The smallest absolute Gasteiger partial charge is 0.0595 e. The first-order valence-electron chi connectivity index (χ1n) is 7.13. The summed E-state index contributed by atoms with van der Waals surface area (Å²) in [6.45, 7) is 5.54. The van der Waals surface area contributed by atoms with E-state index in [1.54, 1.807) is 0 Å². The third-order valence-electron chi connectivity index (χ3n) is 3.62. The van der Waals surface area contributed by atoms with Crippen molar-refractivity contribution >= 4 is 48.0 Å². The molecule has 0 atom stereocenters. The summed E-state index contributed by atoms with van der Waals surface area (Å²) in [4.78, 5) is 2.56. The molecule has 0 unspecified atom stereocenters. The van der Waals surface area contributed by atoms with E-state index in [1.165, 1.54) is 44.3 Å². The molecule has 1 saturated heterocycles. The van der Waals surface area contributed by atoms with Crippen molar-refractivity contribution in [2.24, 2.45) is 0 Å². The van der Waals surface area contributed by atoms with Gasteiger partial charge >= 0.3 is 0 Å². The summed E-state index contributed by atoms with van der Waals surface area (Å²) in [5, 5.41) is 4.73. The first kappa shape index (κ1) is 21.3. The van der Waals surface area contributed by atoms with Crippen LogP contribution in [-0.4, -0.2) is 31.1 Å². The summed E-state index contributed by atoms with van der Waals surface area (Å²) in [6.07, 6.45) is 5.50. The summed E-state index contributed by atoms with van der Waals surface area (Å²) < 4.78 is 0. The molecule has 0 bridgehead atoms. The molecule has 21 heavy (non-hydrogen) atoms. The number of hydrogen-bond donors (Lipinski definition) is 1. The number of likely N-dealkylation sites (tertiary alicyclic amines) is 1. The van der Waals surface area contributed by atoms with Gasteiger partial charge < -0.3 is 10.2 Å². The lowest BCUT2D eigenvalue weighted by Crippen LogP contribution is -2.32. The van der Waals surface area contributed by atoms with E-state index in [4.69, 9.17) is 23.2 Å². The van der Waals surface area contributed by atoms with E-state index in [0.29, 0.717) is 10.0 Å². The van der Waals surface area contributed by atoms with Gasteiger partial charge in [-0.15, -0.1) is 24.8 Å². The van der Waals surface area contributed by atoms with Gasteiger partial charge in [-0.3, -0.25) is 0 Å². The van der Waals surface area contributed by atoms with Gasteiger partial charge in [0.25, 0.3) is 0 Å². The molecule has 1 heterocycles. The Labute approximate surface area is 150 Å². The molecule has 2 nitrogen and oxygen atoms in total. The minimum Gasteiger partial charge on any atom is -0.311 e. The van der Waals surface area contributed by atoms with Crippen molar-refractivity contribution in [2.75, 3.05) is 26.2 Å². The van der Waals surface area contributed by atoms with Gasteiger partial charge in [0, 0.05) is 19.6 Å². The Kier molecular flexibility index (Phi) is 12.0. The molecule has 1 N–H and O–H groups in total. The van der Waals surface area contributed by atoms with Gasteiger partial charge in [0.1, 0.15) is 0 Å². The van der Waals surface area contributed by atoms with Gasteiger partial charge in [0.05, 0.1) is 10.0 Å². The Morgan fingerprint density at radius 1 is 0.952 bits per heavy atom. The second-order valence-corrected chi connectivity index (χ2v) is 6.00. The number of benzene rings is 1. The van der Waals surface area contributed by atoms with E-state index in [-0.39, 0.29) is 24.8 Å². The van der Waals surface area contributed by atoms with Crippen LogP contribution in [0.4, 0.5) is 0 Å². The van der Waals surface area contributed by atoms with Crippen LogP contribution in [-0.2, 0) is 6.54 Å². The third-order valence-corrected chi connectivity index (χ3v) is 4.36. The van der Waals surface area contributed by atoms with Crippen molar-refractivity contribution < 1.29 is 0 Å². The molecule has 1 aliphatic heterocycles. The fourth-order valence-electron chi connectivity index (χ4n) is 2.48. The highest BCUT2D eigenvalue weighted by Gasteiger charge is 2.07. The largest absolute Gasteiger partial charge is 0.311 e. The lowest BCUT2D eigenvalue weighted by Gasteiger charge is -2.19. The zero-order chi connectivity index (χ0) is 13.5. The van der Waals surface area contributed by atoms with Crippen LogP contribution in [0.1, 0.15) is 31.2 Å². The maximum atomic E-state index is 6.00. The second-order valence-electron chi connectivity index (χ2n) is 5.18. The van der Waals surface area contributed by atoms with Crippen molar-refractivity contribution in [3.05, 3.63) is 33.8 Å². The number of nitrogens with zero attached hydrogens (tertiary/aromatic N) is 1. The highest BCUT2D eigenvalue weighted by molar-refractivity contribution is 6.42. The number of rotatable bonds is 5. The van der Waals surface area contributed by atoms with E-state index in [0.717, 1.165) is 19.6 Å². The Morgan fingerprint density at radius 3 is 2.24 bits per heavy atom. The molecule has 0 spiro atoms. The second kappa shape index (κ2) is 11.8. The molecule has 0 radical (unpaired) electrons. The molecule has 1 aliphatic rings. The van der Waals surface area contributed by atoms with Gasteiger partial charge in [-0.2, -0.15) is 0 Å². The van der Waals surface area contributed by atoms with Crippen LogP contribution in [0.3, 0.4) is 0 Å². The van der Waals surface area contributed by atoms with Crippen molar-refractivity contribution in [2.45, 2.75) is 32.2 Å². The molecule has 1 aromatic carbocycles. The Morgan fingerprint density at radius 2 is 1.62 bits per heavy atom. The fraction of sp³-hybridized carbons (Fsp3) is 0.600. The highest BCUT2D eigenvalue weighted by atomic mass is 35.5. The lowest BCUT2D eigenvalue weighted by molar-refractivity contribution is 0.284. The van der Waals surface area contributed by atoms with Crippen LogP contribution in [0.2, 0.25) is 10.0 Å². The Hall–Kier alpha value is 0.300. The molecule has 122 valence electrons. The third kappa shape index (κ3) is 7.92. The number of halogens is 4. The van der Waals surface area contributed by atoms with Gasteiger partial charge in [-0.1, -0.05) is 42.1 Å². The summed E-state index contributed by atoms with van der Waals surface area (Å²) in [5.41, 5.74) is 1.19. The lowest BCUT2D eigenvalue weighted by atomic mass is 10.2. The topological polar surface area (TPSA) is 15.3 Å². The molecule has 6 heteroatoms. The van der Waals surface area contributed by atoms with Crippen LogP contribution >= 0.6 is 48.0 Å². The molecule has 0 aliphatic carbocycles. The zero-order valence-corrected chi connectivity index (χ0v) is 15.3. The quantitative estimate of drug-likeness (QED) is 0.745. The van der Waals surface area contributed by atoms with Crippen molar-refractivity contribution in [3.8, 4) is 0 Å². The summed E-state index contributed by atoms with van der Waals surface area (Å²) in [5.74, 6) is 0. The van der Waals surface area contributed by atoms with Crippen molar-refractivity contribution in [1.82, 2.24) is 10.2 Å². The summed E-state index contributed by atoms with van der Waals surface area (Å²) >= 11 is 11.9. The molecule has 1 fully saturated rings. The Balaban J connectivity index is 0.00000200. The first-order chi connectivity index (χ1) is 9.25. The molecule has 2 rings (SSSR count). The maximum absolute atomic E-state index is 6.00. The number of hydrogen-bond acceptors (Lipinski definition) is 2. The normalized spacial score (nSPS) is 15.7. The zero-order valence-electron chi connectivity index (χ0n) is 12.1. The van der Waals surface area contributed by atoms with E-state index < -0.39 is 0 Å². The average molecular weight is 374 g/mol. The summed E-state index contributed by atoms with van der Waals surface area (Å²) in [6, 6.07) is 5.81. The first-order valence-corrected chi connectivity index (χ1v) is 7.88. The Bertz CT molecular complexity index is 393. The minimum absolute atomic E-state index is 0. The maximum Gasteiger partial charge on any atom is 0.0595 e. The van der Waals surface area contributed by atoms with Crippen molar-refractivity contribution in [1.29, 1.82) is 0 Å². The molecular formula is C15H24Cl4N2. The standard InChI is InChI=1S/C15H22Cl2N2.2ClH/c16-14-6-5-13(11-15(14)17)12-18-7-10-19-8-3-1-2-4-9-19;;/h5-6,11,18H,1-4,7-10,12H2;2*1H. The number of nitrogens with one attached hydrogen (secondary N) is 1. The fourth-order valence-corrected chi connectivity index (χ4v) is 2.80. The molecular weight excluding hydrogens is 350 g/mol. The van der Waals surface area contributed by atoms with Crippen LogP contribution in [0.25, 0.3) is 0 Å². The SMILES string of the molecule is Cl.Cl.Clc1ccc(CNCCN2CCCCCC2)cc1Cl. The molecule has 1 aromatic rings. The van der Waals surface area contributed by atoms with Gasteiger partial charge in [0.15, 0.2) is 0 Å². The average Bonchev–Trinajstić information content (AvgIpc) is 2.67. The van der Waals surface area contributed by atoms with Crippen LogP contribution in [0.5, 0.6) is 0 Å². The molecule has 0 amide bonds. The van der Waals surface area contributed by atoms with E-state index in [2.05, 4.69) is 10.2 Å². The predicted octanol–water partition coefficient (Wildman–Crippen LogP) is 4.80. The van der Waals surface area contributed by atoms with Gasteiger partial charge in [-0.05, 0) is 43.6 Å². The van der Waals surface area contributed by atoms with E-state index >= 15 is 0 Å². The summed E-state index contributed by atoms with van der Waals surface area (Å²) in [7, 11) is 0. The minimum atomic E-state index is 0. The van der Waals surface area contributed by atoms with Crippen molar-refractivity contribution in [3.63, 3.8) is 0 Å². The van der Waals surface area contributed by atoms with Crippen LogP contribution in [0, 0.1) is 0 Å². The predicted molar refractivity (Wildman–Crippen MR) is 97.6 cm³/mol. The molecule has 0 aromatic heterocycles. The monoisotopic (exact) mass is 372 g/mol. The molecule has 0 saturated carbocycles. The van der Waals surface area contributed by atoms with Gasteiger partial charge in [-0.25, -0.2) is 0 Å². The van der Waals surface area contributed by atoms with E-state index in [1.807, 2.05) is 18.2 Å². The highest BCUT2D eigenvalue weighted by Crippen LogP contribution is 2.22.